The summed E-state index contributed by atoms with van der Waals surface area (Å²) >= 11 is 1.54. The second kappa shape index (κ2) is 4.68. The van der Waals surface area contributed by atoms with Crippen LogP contribution >= 0.6 is 11.8 Å². The normalized spacial score (nSPS) is 23.0. The van der Waals surface area contributed by atoms with Gasteiger partial charge in [-0.05, 0) is 32.1 Å². The average molecular weight is 269 g/mol. The fourth-order valence-corrected chi connectivity index (χ4v) is 3.35. The van der Waals surface area contributed by atoms with Crippen LogP contribution in [-0.2, 0) is 4.79 Å². The molecule has 1 atom stereocenters. The Morgan fingerprint density at radius 3 is 2.67 bits per heavy atom. The minimum Gasteiger partial charge on any atom is -0.479 e. The molecule has 6 heteroatoms. The molecular weight excluding hydrogens is 254 g/mol. The number of carbonyl (C=O) groups is 2. The van der Waals surface area contributed by atoms with Gasteiger partial charge in [0.15, 0.2) is 0 Å². The Balaban J connectivity index is 2.20. The predicted molar refractivity (Wildman–Crippen MR) is 68.0 cm³/mol. The molecule has 1 aromatic heterocycles. The highest BCUT2D eigenvalue weighted by Crippen LogP contribution is 2.29. The quantitative estimate of drug-likeness (QED) is 0.871. The molecular formula is C12H15NO4S. The van der Waals surface area contributed by atoms with Crippen LogP contribution in [0.25, 0.3) is 0 Å². The molecule has 1 amide bonds. The summed E-state index contributed by atoms with van der Waals surface area (Å²) in [5.74, 6) is 0.951. The molecule has 0 bridgehead atoms. The van der Waals surface area contributed by atoms with Gasteiger partial charge in [-0.2, -0.15) is 11.8 Å². The van der Waals surface area contributed by atoms with Crippen molar-refractivity contribution in [2.24, 2.45) is 0 Å². The number of hydrogen-bond acceptors (Lipinski definition) is 4. The first kappa shape index (κ1) is 13.0. The minimum atomic E-state index is -1.14. The van der Waals surface area contributed by atoms with Gasteiger partial charge in [0.25, 0.3) is 5.91 Å². The molecule has 18 heavy (non-hydrogen) atoms. The lowest BCUT2D eigenvalue weighted by molar-refractivity contribution is -0.143. The second-order valence-electron chi connectivity index (χ2n) is 4.47. The van der Waals surface area contributed by atoms with Gasteiger partial charge in [-0.15, -0.1) is 0 Å². The van der Waals surface area contributed by atoms with E-state index in [0.717, 1.165) is 5.75 Å². The van der Waals surface area contributed by atoms with Crippen LogP contribution in [0.2, 0.25) is 0 Å². The van der Waals surface area contributed by atoms with E-state index in [1.165, 1.54) is 11.8 Å². The maximum absolute atomic E-state index is 12.1. The number of carboxylic acid groups (broad SMARTS) is 1. The third-order valence-corrected chi connectivity index (χ3v) is 4.26. The van der Waals surface area contributed by atoms with E-state index in [1.54, 1.807) is 19.9 Å². The van der Waals surface area contributed by atoms with Crippen LogP contribution in [0, 0.1) is 13.8 Å². The molecule has 0 aliphatic carbocycles. The first-order valence-electron chi connectivity index (χ1n) is 5.65. The van der Waals surface area contributed by atoms with Gasteiger partial charge in [-0.1, -0.05) is 0 Å². The van der Waals surface area contributed by atoms with Crippen molar-refractivity contribution in [2.75, 3.05) is 11.5 Å². The topological polar surface area (TPSA) is 79.5 Å². The summed E-state index contributed by atoms with van der Waals surface area (Å²) in [5.41, 5.74) is -0.732. The molecule has 98 valence electrons. The highest BCUT2D eigenvalue weighted by Gasteiger charge is 2.43. The number of rotatable bonds is 3. The maximum atomic E-state index is 12.1. The highest BCUT2D eigenvalue weighted by atomic mass is 32.2. The molecule has 1 saturated heterocycles. The Kier molecular flexibility index (Phi) is 3.38. The van der Waals surface area contributed by atoms with E-state index in [4.69, 9.17) is 4.42 Å². The van der Waals surface area contributed by atoms with E-state index in [2.05, 4.69) is 5.32 Å². The fourth-order valence-electron chi connectivity index (χ4n) is 2.03. The maximum Gasteiger partial charge on any atom is 0.330 e. The van der Waals surface area contributed by atoms with E-state index in [1.807, 2.05) is 0 Å². The third kappa shape index (κ3) is 2.25. The minimum absolute atomic E-state index is 0.380. The summed E-state index contributed by atoms with van der Waals surface area (Å²) in [6.07, 6.45) is 0.453. The van der Waals surface area contributed by atoms with Crippen LogP contribution in [0.1, 0.15) is 28.3 Å². The van der Waals surface area contributed by atoms with Crippen LogP contribution in [0.3, 0.4) is 0 Å². The Labute approximate surface area is 109 Å². The lowest BCUT2D eigenvalue weighted by Gasteiger charge is -2.24. The number of aliphatic carboxylic acids is 1. The van der Waals surface area contributed by atoms with Crippen molar-refractivity contribution in [3.63, 3.8) is 0 Å². The average Bonchev–Trinajstić information content (AvgIpc) is 2.86. The largest absolute Gasteiger partial charge is 0.479 e. The van der Waals surface area contributed by atoms with Gasteiger partial charge in [-0.3, -0.25) is 4.79 Å². The monoisotopic (exact) mass is 269 g/mol. The summed E-state index contributed by atoms with van der Waals surface area (Å²) < 4.78 is 5.28. The van der Waals surface area contributed by atoms with Crippen molar-refractivity contribution in [1.29, 1.82) is 0 Å². The lowest BCUT2D eigenvalue weighted by atomic mass is 9.98. The summed E-state index contributed by atoms with van der Waals surface area (Å²) in [7, 11) is 0. The standard InChI is InChI=1S/C12H15NO4S/c1-7-5-9(8(2)17-7)10(14)13-12(11(15)16)3-4-18-6-12/h5H,3-4,6H2,1-2H3,(H,13,14)(H,15,16)/t12-/m1/s1. The molecule has 0 aromatic carbocycles. The van der Waals surface area contributed by atoms with Crippen molar-refractivity contribution >= 4 is 23.6 Å². The Morgan fingerprint density at radius 2 is 2.22 bits per heavy atom. The van der Waals surface area contributed by atoms with Crippen molar-refractivity contribution in [3.8, 4) is 0 Å². The first-order valence-corrected chi connectivity index (χ1v) is 6.81. The zero-order valence-electron chi connectivity index (χ0n) is 10.3. The van der Waals surface area contributed by atoms with Crippen LogP contribution in [-0.4, -0.2) is 34.0 Å². The van der Waals surface area contributed by atoms with Crippen LogP contribution in [0.15, 0.2) is 10.5 Å². The first-order chi connectivity index (χ1) is 8.44. The molecule has 0 unspecified atom stereocenters. The van der Waals surface area contributed by atoms with E-state index in [9.17, 15) is 14.7 Å². The van der Waals surface area contributed by atoms with Gasteiger partial charge in [0.1, 0.15) is 17.1 Å². The Hall–Kier alpha value is -1.43. The smallest absolute Gasteiger partial charge is 0.330 e. The number of aryl methyl sites for hydroxylation is 2. The van der Waals surface area contributed by atoms with Crippen LogP contribution in [0.5, 0.6) is 0 Å². The van der Waals surface area contributed by atoms with Crippen molar-refractivity contribution in [1.82, 2.24) is 5.32 Å². The number of carbonyl (C=O) groups excluding carboxylic acids is 1. The molecule has 2 rings (SSSR count). The number of nitrogens with one attached hydrogen (secondary N) is 1. The Bertz CT molecular complexity index is 488. The summed E-state index contributed by atoms with van der Waals surface area (Å²) in [5, 5.41) is 11.9. The van der Waals surface area contributed by atoms with E-state index < -0.39 is 11.5 Å². The molecule has 1 aromatic rings. The van der Waals surface area contributed by atoms with Gasteiger partial charge in [-0.25, -0.2) is 4.79 Å². The van der Waals surface area contributed by atoms with Gasteiger partial charge in [0.05, 0.1) is 5.56 Å². The van der Waals surface area contributed by atoms with Crippen LogP contribution in [0.4, 0.5) is 0 Å². The second-order valence-corrected chi connectivity index (χ2v) is 5.58. The van der Waals surface area contributed by atoms with Gasteiger partial charge < -0.3 is 14.8 Å². The predicted octanol–water partition coefficient (Wildman–Crippen LogP) is 1.59. The molecule has 5 nitrogen and oxygen atoms in total. The molecule has 1 aliphatic rings. The van der Waals surface area contributed by atoms with Gasteiger partial charge >= 0.3 is 5.97 Å². The molecule has 0 spiro atoms. The number of hydrogen-bond donors (Lipinski definition) is 2. The van der Waals surface area contributed by atoms with Crippen molar-refractivity contribution in [2.45, 2.75) is 25.8 Å². The summed E-state index contributed by atoms with van der Waals surface area (Å²) in [6.45, 7) is 3.45. The Morgan fingerprint density at radius 1 is 1.50 bits per heavy atom. The number of carboxylic acids is 1. The molecule has 0 radical (unpaired) electrons. The van der Waals surface area contributed by atoms with Gasteiger partial charge in [0, 0.05) is 5.75 Å². The fraction of sp³-hybridized carbons (Fsp3) is 0.500. The van der Waals surface area contributed by atoms with Gasteiger partial charge in [0.2, 0.25) is 0 Å². The molecule has 1 aliphatic heterocycles. The summed E-state index contributed by atoms with van der Waals surface area (Å²) in [4.78, 5) is 23.4. The lowest BCUT2D eigenvalue weighted by Crippen LogP contribution is -2.54. The van der Waals surface area contributed by atoms with Crippen LogP contribution < -0.4 is 5.32 Å². The number of thioether (sulfide) groups is 1. The molecule has 0 saturated carbocycles. The summed E-state index contributed by atoms with van der Waals surface area (Å²) in [6, 6.07) is 1.63. The zero-order chi connectivity index (χ0) is 13.3. The van der Waals surface area contributed by atoms with E-state index in [0.29, 0.717) is 29.3 Å². The van der Waals surface area contributed by atoms with Crippen molar-refractivity contribution in [3.05, 3.63) is 23.2 Å². The zero-order valence-corrected chi connectivity index (χ0v) is 11.1. The molecule has 2 N–H and O–H groups in total. The number of amides is 1. The number of furan rings is 1. The van der Waals surface area contributed by atoms with E-state index in [-0.39, 0.29) is 5.91 Å². The SMILES string of the molecule is Cc1cc(C(=O)N[C@]2(C(=O)O)CCSC2)c(C)o1. The van der Waals surface area contributed by atoms with E-state index >= 15 is 0 Å². The highest BCUT2D eigenvalue weighted by molar-refractivity contribution is 7.99. The molecule has 2 heterocycles. The van der Waals surface area contributed by atoms with Crippen molar-refractivity contribution < 1.29 is 19.1 Å². The third-order valence-electron chi connectivity index (χ3n) is 3.07. The molecule has 1 fully saturated rings.